The van der Waals surface area contributed by atoms with Gasteiger partial charge in [0.15, 0.2) is 0 Å². The smallest absolute Gasteiger partial charge is 0.323 e. The van der Waals surface area contributed by atoms with Crippen LogP contribution in [0, 0.1) is 17.0 Å². The second-order valence-electron chi connectivity index (χ2n) is 3.34. The van der Waals surface area contributed by atoms with Crippen LogP contribution in [0.15, 0.2) is 12.3 Å². The monoisotopic (exact) mass is 225 g/mol. The van der Waals surface area contributed by atoms with Gasteiger partial charge in [-0.15, -0.1) is 0 Å². The Balaban J connectivity index is 3.02. The second kappa shape index (κ2) is 4.56. The van der Waals surface area contributed by atoms with Crippen molar-refractivity contribution in [1.82, 2.24) is 4.98 Å². The van der Waals surface area contributed by atoms with Gasteiger partial charge in [-0.05, 0) is 6.92 Å². The van der Waals surface area contributed by atoms with E-state index >= 15 is 0 Å². The minimum atomic E-state index is -1.02. The first-order chi connectivity index (χ1) is 7.41. The molecule has 1 heterocycles. The molecule has 0 bridgehead atoms. The third-order valence-corrected chi connectivity index (χ3v) is 2.02. The van der Waals surface area contributed by atoms with Crippen molar-refractivity contribution in [2.45, 2.75) is 6.92 Å². The van der Waals surface area contributed by atoms with Crippen molar-refractivity contribution in [3.05, 3.63) is 27.9 Å². The molecule has 1 aromatic rings. The van der Waals surface area contributed by atoms with Crippen LogP contribution in [-0.2, 0) is 4.79 Å². The number of anilines is 1. The van der Waals surface area contributed by atoms with Gasteiger partial charge in [-0.3, -0.25) is 14.9 Å². The summed E-state index contributed by atoms with van der Waals surface area (Å²) in [5.41, 5.74) is 0.375. The zero-order valence-electron chi connectivity index (χ0n) is 8.88. The summed E-state index contributed by atoms with van der Waals surface area (Å²) in [6, 6.07) is 1.26. The molecule has 1 rings (SSSR count). The Bertz CT molecular complexity index is 433. The maximum Gasteiger partial charge on any atom is 0.323 e. The molecule has 0 aromatic carbocycles. The van der Waals surface area contributed by atoms with E-state index in [0.29, 0.717) is 5.56 Å². The molecule has 7 nitrogen and oxygen atoms in total. The average Bonchev–Trinajstić information content (AvgIpc) is 2.16. The average molecular weight is 225 g/mol. The van der Waals surface area contributed by atoms with Gasteiger partial charge in [0.25, 0.3) is 5.69 Å². The lowest BCUT2D eigenvalue weighted by molar-refractivity contribution is -0.385. The molecule has 0 atom stereocenters. The molecule has 0 radical (unpaired) electrons. The van der Waals surface area contributed by atoms with Gasteiger partial charge in [-0.1, -0.05) is 0 Å². The molecule has 0 saturated carbocycles. The predicted octanol–water partition coefficient (Wildman–Crippen LogP) is 0.819. The lowest BCUT2D eigenvalue weighted by atomic mass is 10.2. The number of pyridine rings is 1. The molecule has 0 aliphatic heterocycles. The van der Waals surface area contributed by atoms with Gasteiger partial charge in [0.1, 0.15) is 12.4 Å². The number of aliphatic carboxylic acids is 1. The van der Waals surface area contributed by atoms with Crippen molar-refractivity contribution in [1.29, 1.82) is 0 Å². The van der Waals surface area contributed by atoms with Crippen molar-refractivity contribution in [2.24, 2.45) is 0 Å². The molecule has 7 heteroatoms. The summed E-state index contributed by atoms with van der Waals surface area (Å²) in [6.45, 7) is 1.32. The van der Waals surface area contributed by atoms with Crippen LogP contribution < -0.4 is 4.90 Å². The molecule has 0 aliphatic carbocycles. The topological polar surface area (TPSA) is 96.6 Å². The number of aryl methyl sites for hydroxylation is 1. The van der Waals surface area contributed by atoms with Crippen LogP contribution in [0.3, 0.4) is 0 Å². The molecule has 1 aromatic heterocycles. The standard InChI is InChI=1S/C9H11N3O4/c1-6-4-10-8(3-7(6)12(15)16)11(2)5-9(13)14/h3-4H,5H2,1-2H3,(H,13,14). The van der Waals surface area contributed by atoms with Gasteiger partial charge in [0, 0.05) is 18.8 Å². The Morgan fingerprint density at radius 1 is 1.69 bits per heavy atom. The molecular weight excluding hydrogens is 214 g/mol. The van der Waals surface area contributed by atoms with Crippen molar-refractivity contribution in [3.63, 3.8) is 0 Å². The first kappa shape index (κ1) is 11.9. The summed E-state index contributed by atoms with van der Waals surface area (Å²) in [4.78, 5) is 25.9. The lowest BCUT2D eigenvalue weighted by Crippen LogP contribution is -2.26. The Hall–Kier alpha value is -2.18. The van der Waals surface area contributed by atoms with E-state index in [1.165, 1.54) is 24.2 Å². The van der Waals surface area contributed by atoms with Crippen molar-refractivity contribution in [2.75, 3.05) is 18.5 Å². The third-order valence-electron chi connectivity index (χ3n) is 2.02. The van der Waals surface area contributed by atoms with Gasteiger partial charge < -0.3 is 10.0 Å². The second-order valence-corrected chi connectivity index (χ2v) is 3.34. The van der Waals surface area contributed by atoms with Crippen molar-refractivity contribution in [3.8, 4) is 0 Å². The largest absolute Gasteiger partial charge is 0.480 e. The molecule has 86 valence electrons. The Kier molecular flexibility index (Phi) is 3.39. The summed E-state index contributed by atoms with van der Waals surface area (Å²) >= 11 is 0. The Labute approximate surface area is 91.5 Å². The minimum absolute atomic E-state index is 0.0674. The van der Waals surface area contributed by atoms with E-state index in [9.17, 15) is 14.9 Å². The van der Waals surface area contributed by atoms with Gasteiger partial charge in [-0.2, -0.15) is 0 Å². The Morgan fingerprint density at radius 3 is 2.81 bits per heavy atom. The highest BCUT2D eigenvalue weighted by atomic mass is 16.6. The predicted molar refractivity (Wildman–Crippen MR) is 56.5 cm³/mol. The fraction of sp³-hybridized carbons (Fsp3) is 0.333. The number of carboxylic acids is 1. The molecule has 16 heavy (non-hydrogen) atoms. The van der Waals surface area contributed by atoms with E-state index in [-0.39, 0.29) is 18.1 Å². The van der Waals surface area contributed by atoms with Crippen LogP contribution in [-0.4, -0.2) is 34.6 Å². The normalized spacial score (nSPS) is 9.88. The third kappa shape index (κ3) is 2.66. The summed E-state index contributed by atoms with van der Waals surface area (Å²) in [6.07, 6.45) is 1.35. The molecule has 0 amide bonds. The van der Waals surface area contributed by atoms with Crippen molar-refractivity contribution >= 4 is 17.5 Å². The highest BCUT2D eigenvalue weighted by molar-refractivity contribution is 5.73. The number of carboxylic acid groups (broad SMARTS) is 1. The first-order valence-electron chi connectivity index (χ1n) is 4.45. The fourth-order valence-electron chi connectivity index (χ4n) is 1.19. The van der Waals surface area contributed by atoms with Crippen LogP contribution in [0.2, 0.25) is 0 Å². The fourth-order valence-corrected chi connectivity index (χ4v) is 1.19. The van der Waals surface area contributed by atoms with E-state index in [2.05, 4.69) is 4.98 Å². The summed E-state index contributed by atoms with van der Waals surface area (Å²) in [7, 11) is 1.51. The quantitative estimate of drug-likeness (QED) is 0.601. The number of carbonyl (C=O) groups is 1. The maximum atomic E-state index is 10.7. The van der Waals surface area contributed by atoms with Crippen molar-refractivity contribution < 1.29 is 14.8 Å². The highest BCUT2D eigenvalue weighted by Gasteiger charge is 2.15. The highest BCUT2D eigenvalue weighted by Crippen LogP contribution is 2.21. The zero-order valence-corrected chi connectivity index (χ0v) is 8.88. The number of nitro groups is 1. The molecule has 1 N–H and O–H groups in total. The number of nitrogens with zero attached hydrogens (tertiary/aromatic N) is 3. The van der Waals surface area contributed by atoms with E-state index in [4.69, 9.17) is 5.11 Å². The summed E-state index contributed by atoms with van der Waals surface area (Å²) in [5.74, 6) is -0.757. The number of likely N-dealkylation sites (N-methyl/N-ethyl adjacent to an activating group) is 1. The summed E-state index contributed by atoms with van der Waals surface area (Å²) in [5, 5.41) is 19.2. The molecule has 0 saturated heterocycles. The first-order valence-corrected chi connectivity index (χ1v) is 4.45. The molecule has 0 unspecified atom stereocenters. The van der Waals surface area contributed by atoms with E-state index in [1.807, 2.05) is 0 Å². The van der Waals surface area contributed by atoms with Crippen LogP contribution in [0.1, 0.15) is 5.56 Å². The number of hydrogen-bond acceptors (Lipinski definition) is 5. The van der Waals surface area contributed by atoms with Crippen LogP contribution in [0.25, 0.3) is 0 Å². The van der Waals surface area contributed by atoms with Crippen LogP contribution in [0.4, 0.5) is 11.5 Å². The molecule has 0 spiro atoms. The number of hydrogen-bond donors (Lipinski definition) is 1. The van der Waals surface area contributed by atoms with Gasteiger partial charge in [0.05, 0.1) is 11.0 Å². The molecule has 0 aliphatic rings. The van der Waals surface area contributed by atoms with E-state index in [1.54, 1.807) is 6.92 Å². The van der Waals surface area contributed by atoms with Crippen LogP contribution >= 0.6 is 0 Å². The number of rotatable bonds is 4. The van der Waals surface area contributed by atoms with E-state index < -0.39 is 10.9 Å². The van der Waals surface area contributed by atoms with Gasteiger partial charge in [-0.25, -0.2) is 4.98 Å². The molecular formula is C9H11N3O4. The van der Waals surface area contributed by atoms with Gasteiger partial charge >= 0.3 is 5.97 Å². The van der Waals surface area contributed by atoms with Crippen LogP contribution in [0.5, 0.6) is 0 Å². The van der Waals surface area contributed by atoms with Gasteiger partial charge in [0.2, 0.25) is 0 Å². The Morgan fingerprint density at radius 2 is 2.31 bits per heavy atom. The zero-order chi connectivity index (χ0) is 12.3. The lowest BCUT2D eigenvalue weighted by Gasteiger charge is -2.15. The van der Waals surface area contributed by atoms with E-state index in [0.717, 1.165) is 0 Å². The number of aromatic nitrogens is 1. The SMILES string of the molecule is Cc1cnc(N(C)CC(=O)O)cc1[N+](=O)[O-]. The molecule has 0 fully saturated rings. The summed E-state index contributed by atoms with van der Waals surface area (Å²) < 4.78 is 0. The minimum Gasteiger partial charge on any atom is -0.480 e. The maximum absolute atomic E-state index is 10.7.